The molecule has 19 heavy (non-hydrogen) atoms. The van der Waals surface area contributed by atoms with Gasteiger partial charge in [-0.05, 0) is 41.0 Å². The number of hydrogen-bond acceptors (Lipinski definition) is 2. The molecule has 0 aromatic heterocycles. The van der Waals surface area contributed by atoms with Crippen LogP contribution in [0.1, 0.15) is 5.56 Å². The van der Waals surface area contributed by atoms with Crippen LogP contribution >= 0.6 is 0 Å². The number of carbonyl (C=O) groups is 1. The summed E-state index contributed by atoms with van der Waals surface area (Å²) in [6.07, 6.45) is -0.137. The van der Waals surface area contributed by atoms with Crippen LogP contribution in [0.5, 0.6) is 5.75 Å². The highest BCUT2D eigenvalue weighted by Gasteiger charge is 2.10. The maximum absolute atomic E-state index is 13.3. The fourth-order valence-electron chi connectivity index (χ4n) is 1.91. The van der Waals surface area contributed by atoms with E-state index in [1.54, 1.807) is 31.4 Å². The van der Waals surface area contributed by atoms with Crippen molar-refractivity contribution in [2.24, 2.45) is 0 Å². The third-order valence-corrected chi connectivity index (χ3v) is 2.81. The lowest BCUT2D eigenvalue weighted by atomic mass is 9.97. The Hall–Kier alpha value is -2.36. The molecular formula is C15H13FO3. The molecular weight excluding hydrogens is 247 g/mol. The Morgan fingerprint density at radius 1 is 1.21 bits per heavy atom. The predicted octanol–water partition coefficient (Wildman–Crippen LogP) is 3.13. The van der Waals surface area contributed by atoms with Crippen molar-refractivity contribution in [3.8, 4) is 16.9 Å². The second-order valence-corrected chi connectivity index (χ2v) is 4.10. The van der Waals surface area contributed by atoms with Crippen molar-refractivity contribution < 1.29 is 19.0 Å². The standard InChI is InChI=1S/C15H13FO3/c1-19-13-6-3-10(4-7-13)14-9-12(16)5-2-11(14)8-15(17)18/h2-7,9H,8H2,1H3,(H,17,18). The number of ether oxygens (including phenoxy) is 1. The highest BCUT2D eigenvalue weighted by Crippen LogP contribution is 2.27. The van der Waals surface area contributed by atoms with Gasteiger partial charge in [0.1, 0.15) is 11.6 Å². The molecule has 0 heterocycles. The molecule has 4 heteroatoms. The lowest BCUT2D eigenvalue weighted by Gasteiger charge is -2.09. The molecule has 0 aliphatic rings. The Bertz CT molecular complexity index is 591. The van der Waals surface area contributed by atoms with Crippen LogP contribution in [0, 0.1) is 5.82 Å². The van der Waals surface area contributed by atoms with Crippen LogP contribution in [0.15, 0.2) is 42.5 Å². The number of rotatable bonds is 4. The van der Waals surface area contributed by atoms with Crippen molar-refractivity contribution in [2.45, 2.75) is 6.42 Å². The number of halogens is 1. The second kappa shape index (κ2) is 5.52. The minimum atomic E-state index is -0.943. The largest absolute Gasteiger partial charge is 0.497 e. The summed E-state index contributed by atoms with van der Waals surface area (Å²) >= 11 is 0. The Labute approximate surface area is 110 Å². The van der Waals surface area contributed by atoms with Crippen molar-refractivity contribution in [1.82, 2.24) is 0 Å². The summed E-state index contributed by atoms with van der Waals surface area (Å²) < 4.78 is 18.4. The molecule has 2 aromatic rings. The number of carboxylic acids is 1. The number of benzene rings is 2. The van der Waals surface area contributed by atoms with E-state index in [0.717, 1.165) is 5.56 Å². The number of methoxy groups -OCH3 is 1. The molecule has 0 amide bonds. The smallest absolute Gasteiger partial charge is 0.307 e. The van der Waals surface area contributed by atoms with Gasteiger partial charge in [-0.1, -0.05) is 18.2 Å². The zero-order chi connectivity index (χ0) is 13.8. The lowest BCUT2D eigenvalue weighted by molar-refractivity contribution is -0.136. The summed E-state index contributed by atoms with van der Waals surface area (Å²) in [5.74, 6) is -0.638. The first kappa shape index (κ1) is 13.1. The third-order valence-electron chi connectivity index (χ3n) is 2.81. The Kier molecular flexibility index (Phi) is 3.80. The van der Waals surface area contributed by atoms with Gasteiger partial charge < -0.3 is 9.84 Å². The van der Waals surface area contributed by atoms with E-state index in [2.05, 4.69) is 0 Å². The van der Waals surface area contributed by atoms with Crippen molar-refractivity contribution in [3.63, 3.8) is 0 Å². The van der Waals surface area contributed by atoms with Gasteiger partial charge in [0, 0.05) is 0 Å². The van der Waals surface area contributed by atoms with Crippen molar-refractivity contribution in [1.29, 1.82) is 0 Å². The molecule has 0 atom stereocenters. The number of carboxylic acid groups (broad SMARTS) is 1. The number of aliphatic carboxylic acids is 1. The van der Waals surface area contributed by atoms with Crippen LogP contribution < -0.4 is 4.74 Å². The maximum Gasteiger partial charge on any atom is 0.307 e. The van der Waals surface area contributed by atoms with Gasteiger partial charge in [0.15, 0.2) is 0 Å². The Balaban J connectivity index is 2.46. The van der Waals surface area contributed by atoms with Crippen molar-refractivity contribution in [3.05, 3.63) is 53.8 Å². The third kappa shape index (κ3) is 3.10. The van der Waals surface area contributed by atoms with Crippen LogP contribution in [-0.4, -0.2) is 18.2 Å². The summed E-state index contributed by atoms with van der Waals surface area (Å²) in [5.41, 5.74) is 1.93. The molecule has 2 rings (SSSR count). The molecule has 0 fully saturated rings. The highest BCUT2D eigenvalue weighted by atomic mass is 19.1. The van der Waals surface area contributed by atoms with E-state index in [9.17, 15) is 9.18 Å². The first-order valence-electron chi connectivity index (χ1n) is 5.75. The van der Waals surface area contributed by atoms with Crippen LogP contribution in [-0.2, 0) is 11.2 Å². The van der Waals surface area contributed by atoms with Crippen LogP contribution in [0.25, 0.3) is 11.1 Å². The zero-order valence-electron chi connectivity index (χ0n) is 10.4. The van der Waals surface area contributed by atoms with Gasteiger partial charge in [-0.15, -0.1) is 0 Å². The summed E-state index contributed by atoms with van der Waals surface area (Å²) in [4.78, 5) is 10.8. The molecule has 0 radical (unpaired) electrons. The van der Waals surface area contributed by atoms with Gasteiger partial charge >= 0.3 is 5.97 Å². The van der Waals surface area contributed by atoms with Crippen molar-refractivity contribution >= 4 is 5.97 Å². The fraction of sp³-hybridized carbons (Fsp3) is 0.133. The quantitative estimate of drug-likeness (QED) is 0.918. The van der Waals surface area contributed by atoms with Crippen LogP contribution in [0.3, 0.4) is 0 Å². The maximum atomic E-state index is 13.3. The van der Waals surface area contributed by atoms with Gasteiger partial charge in [-0.25, -0.2) is 4.39 Å². The first-order valence-corrected chi connectivity index (χ1v) is 5.75. The molecule has 0 saturated heterocycles. The summed E-state index contributed by atoms with van der Waals surface area (Å²) in [6, 6.07) is 11.2. The van der Waals surface area contributed by atoms with Crippen LogP contribution in [0.2, 0.25) is 0 Å². The second-order valence-electron chi connectivity index (χ2n) is 4.10. The molecule has 0 aliphatic heterocycles. The molecule has 3 nitrogen and oxygen atoms in total. The van der Waals surface area contributed by atoms with Gasteiger partial charge in [-0.2, -0.15) is 0 Å². The van der Waals surface area contributed by atoms with E-state index in [1.807, 2.05) is 0 Å². The van der Waals surface area contributed by atoms with E-state index in [-0.39, 0.29) is 12.2 Å². The molecule has 1 N–H and O–H groups in total. The molecule has 0 saturated carbocycles. The van der Waals surface area contributed by atoms with Gasteiger partial charge in [0.2, 0.25) is 0 Å². The van der Waals surface area contributed by atoms with E-state index in [0.29, 0.717) is 16.9 Å². The highest BCUT2D eigenvalue weighted by molar-refractivity contribution is 5.76. The van der Waals surface area contributed by atoms with E-state index >= 15 is 0 Å². The molecule has 0 bridgehead atoms. The van der Waals surface area contributed by atoms with Gasteiger partial charge in [0.05, 0.1) is 13.5 Å². The SMILES string of the molecule is COc1ccc(-c2cc(F)ccc2CC(=O)O)cc1. The first-order chi connectivity index (χ1) is 9.10. The average molecular weight is 260 g/mol. The van der Waals surface area contributed by atoms with Gasteiger partial charge in [-0.3, -0.25) is 4.79 Å². The Morgan fingerprint density at radius 3 is 2.47 bits per heavy atom. The van der Waals surface area contributed by atoms with E-state index < -0.39 is 5.97 Å². The summed E-state index contributed by atoms with van der Waals surface area (Å²) in [7, 11) is 1.56. The average Bonchev–Trinajstić information content (AvgIpc) is 2.40. The monoisotopic (exact) mass is 260 g/mol. The molecule has 2 aromatic carbocycles. The van der Waals surface area contributed by atoms with Crippen molar-refractivity contribution in [2.75, 3.05) is 7.11 Å². The topological polar surface area (TPSA) is 46.5 Å². The molecule has 98 valence electrons. The zero-order valence-corrected chi connectivity index (χ0v) is 10.4. The molecule has 0 unspecified atom stereocenters. The summed E-state index contributed by atoms with van der Waals surface area (Å²) in [6.45, 7) is 0. The normalized spacial score (nSPS) is 10.2. The van der Waals surface area contributed by atoms with E-state index in [4.69, 9.17) is 9.84 Å². The number of hydrogen-bond donors (Lipinski definition) is 1. The summed E-state index contributed by atoms with van der Waals surface area (Å²) in [5, 5.41) is 8.88. The lowest BCUT2D eigenvalue weighted by Crippen LogP contribution is -2.02. The molecule has 0 spiro atoms. The van der Waals surface area contributed by atoms with E-state index in [1.165, 1.54) is 18.2 Å². The Morgan fingerprint density at radius 2 is 1.89 bits per heavy atom. The van der Waals surface area contributed by atoms with Gasteiger partial charge in [0.25, 0.3) is 0 Å². The molecule has 0 aliphatic carbocycles. The predicted molar refractivity (Wildman–Crippen MR) is 69.7 cm³/mol. The van der Waals surface area contributed by atoms with Crippen LogP contribution in [0.4, 0.5) is 4.39 Å². The minimum absolute atomic E-state index is 0.137. The minimum Gasteiger partial charge on any atom is -0.497 e. The fourth-order valence-corrected chi connectivity index (χ4v) is 1.91.